The van der Waals surface area contributed by atoms with E-state index in [0.717, 1.165) is 10.9 Å². The Morgan fingerprint density at radius 3 is 2.78 bits per heavy atom. The van der Waals surface area contributed by atoms with Crippen molar-refractivity contribution in [2.24, 2.45) is 5.73 Å². The van der Waals surface area contributed by atoms with Crippen molar-refractivity contribution in [2.45, 2.75) is 30.0 Å². The molecule has 2 aromatic rings. The highest BCUT2D eigenvalue weighted by molar-refractivity contribution is 9.10. The van der Waals surface area contributed by atoms with E-state index in [2.05, 4.69) is 26.1 Å². The van der Waals surface area contributed by atoms with E-state index in [1.54, 1.807) is 11.8 Å². The van der Waals surface area contributed by atoms with Crippen molar-refractivity contribution in [1.82, 2.24) is 10.1 Å². The maximum absolute atomic E-state index is 5.82. The van der Waals surface area contributed by atoms with Crippen molar-refractivity contribution in [2.75, 3.05) is 0 Å². The van der Waals surface area contributed by atoms with Gasteiger partial charge in [-0.3, -0.25) is 0 Å². The molecule has 1 atom stereocenters. The number of rotatable bonds is 5. The minimum Gasteiger partial charge on any atom is -0.338 e. The first-order chi connectivity index (χ1) is 8.69. The van der Waals surface area contributed by atoms with Crippen molar-refractivity contribution in [1.29, 1.82) is 0 Å². The number of aromatic nitrogens is 2. The maximum Gasteiger partial charge on any atom is 0.243 e. The average Bonchev–Trinajstić information content (AvgIpc) is 2.86. The predicted molar refractivity (Wildman–Crippen MR) is 75.2 cm³/mol. The zero-order valence-electron chi connectivity index (χ0n) is 9.97. The van der Waals surface area contributed by atoms with E-state index in [1.165, 1.54) is 4.90 Å². The van der Waals surface area contributed by atoms with Crippen LogP contribution < -0.4 is 5.73 Å². The molecule has 2 rings (SSSR count). The molecular weight excluding hydrogens is 314 g/mol. The van der Waals surface area contributed by atoms with Crippen LogP contribution in [-0.2, 0) is 5.75 Å². The first-order valence-electron chi connectivity index (χ1n) is 5.65. The van der Waals surface area contributed by atoms with Crippen LogP contribution in [0.5, 0.6) is 0 Å². The molecule has 4 nitrogen and oxygen atoms in total. The summed E-state index contributed by atoms with van der Waals surface area (Å²) in [7, 11) is 0. The van der Waals surface area contributed by atoms with E-state index in [1.807, 2.05) is 31.2 Å². The number of thioether (sulfide) groups is 1. The minimum absolute atomic E-state index is 0.163. The van der Waals surface area contributed by atoms with Crippen LogP contribution in [0.15, 0.2) is 38.2 Å². The van der Waals surface area contributed by atoms with Gasteiger partial charge in [-0.1, -0.05) is 28.0 Å². The number of benzene rings is 1. The third kappa shape index (κ3) is 3.57. The molecule has 0 aliphatic heterocycles. The zero-order valence-corrected chi connectivity index (χ0v) is 12.4. The molecule has 0 saturated heterocycles. The summed E-state index contributed by atoms with van der Waals surface area (Å²) in [4.78, 5) is 5.45. The van der Waals surface area contributed by atoms with Gasteiger partial charge >= 0.3 is 0 Å². The van der Waals surface area contributed by atoms with Crippen LogP contribution in [0, 0.1) is 0 Å². The fourth-order valence-corrected chi connectivity index (χ4v) is 2.34. The molecule has 1 heterocycles. The van der Waals surface area contributed by atoms with Crippen molar-refractivity contribution < 1.29 is 4.52 Å². The number of halogens is 1. The van der Waals surface area contributed by atoms with Gasteiger partial charge in [0.05, 0.1) is 11.8 Å². The highest BCUT2D eigenvalue weighted by Gasteiger charge is 2.12. The van der Waals surface area contributed by atoms with E-state index < -0.39 is 0 Å². The molecular formula is C12H14BrN3OS. The Balaban J connectivity index is 1.94. The van der Waals surface area contributed by atoms with Gasteiger partial charge in [-0.2, -0.15) is 4.98 Å². The standard InChI is InChI=1S/C12H14BrN3OS/c1-2-10(14)12-15-11(16-17-12)7-18-9-5-3-8(13)4-6-9/h3-6,10H,2,7,14H2,1H3. The minimum atomic E-state index is -0.163. The van der Waals surface area contributed by atoms with Gasteiger partial charge in [-0.05, 0) is 30.7 Å². The second kappa shape index (κ2) is 6.36. The highest BCUT2D eigenvalue weighted by Crippen LogP contribution is 2.23. The van der Waals surface area contributed by atoms with Crippen molar-refractivity contribution >= 4 is 27.7 Å². The Hall–Kier alpha value is -0.850. The molecule has 18 heavy (non-hydrogen) atoms. The number of nitrogens with zero attached hydrogens (tertiary/aromatic N) is 2. The van der Waals surface area contributed by atoms with Crippen molar-refractivity contribution in [3.63, 3.8) is 0 Å². The Bertz CT molecular complexity index is 500. The largest absolute Gasteiger partial charge is 0.338 e. The van der Waals surface area contributed by atoms with E-state index >= 15 is 0 Å². The number of hydrogen-bond donors (Lipinski definition) is 1. The molecule has 6 heteroatoms. The molecule has 1 aromatic heterocycles. The highest BCUT2D eigenvalue weighted by atomic mass is 79.9. The summed E-state index contributed by atoms with van der Waals surface area (Å²) in [6, 6.07) is 7.96. The molecule has 0 saturated carbocycles. The SMILES string of the molecule is CCC(N)c1nc(CSc2ccc(Br)cc2)no1. The molecule has 0 aliphatic carbocycles. The molecule has 0 spiro atoms. The summed E-state index contributed by atoms with van der Waals surface area (Å²) < 4.78 is 6.19. The zero-order chi connectivity index (χ0) is 13.0. The van der Waals surface area contributed by atoms with E-state index in [4.69, 9.17) is 10.3 Å². The summed E-state index contributed by atoms with van der Waals surface area (Å²) in [5.74, 6) is 1.88. The predicted octanol–water partition coefficient (Wildman–Crippen LogP) is 3.53. The molecule has 1 unspecified atom stereocenters. The number of nitrogens with two attached hydrogens (primary N) is 1. The quantitative estimate of drug-likeness (QED) is 0.851. The van der Waals surface area contributed by atoms with Gasteiger partial charge in [0.15, 0.2) is 5.82 Å². The van der Waals surface area contributed by atoms with Crippen molar-refractivity contribution in [3.8, 4) is 0 Å². The lowest BCUT2D eigenvalue weighted by Gasteiger charge is -1.99. The third-order valence-corrected chi connectivity index (χ3v) is 3.96. The van der Waals surface area contributed by atoms with Crippen molar-refractivity contribution in [3.05, 3.63) is 40.5 Å². The molecule has 0 radical (unpaired) electrons. The molecule has 96 valence electrons. The van der Waals surface area contributed by atoms with Crippen LogP contribution in [0.4, 0.5) is 0 Å². The lowest BCUT2D eigenvalue weighted by Crippen LogP contribution is -2.08. The first kappa shape index (κ1) is 13.6. The van der Waals surface area contributed by atoms with Gasteiger partial charge in [0.25, 0.3) is 0 Å². The molecule has 0 amide bonds. The normalized spacial score (nSPS) is 12.6. The van der Waals surface area contributed by atoms with Gasteiger partial charge < -0.3 is 10.3 Å². The second-order valence-electron chi connectivity index (χ2n) is 3.81. The molecule has 0 bridgehead atoms. The summed E-state index contributed by atoms with van der Waals surface area (Å²) in [6.07, 6.45) is 0.793. The van der Waals surface area contributed by atoms with Crippen LogP contribution in [0.25, 0.3) is 0 Å². The summed E-state index contributed by atoms with van der Waals surface area (Å²) in [5.41, 5.74) is 5.82. The molecule has 0 fully saturated rings. The van der Waals surface area contributed by atoms with Gasteiger partial charge in [-0.15, -0.1) is 11.8 Å². The van der Waals surface area contributed by atoms with Gasteiger partial charge in [0, 0.05) is 9.37 Å². The molecule has 1 aromatic carbocycles. The van der Waals surface area contributed by atoms with Gasteiger partial charge in [0.2, 0.25) is 5.89 Å². The van der Waals surface area contributed by atoms with E-state index in [0.29, 0.717) is 17.5 Å². The van der Waals surface area contributed by atoms with Crippen LogP contribution in [0.1, 0.15) is 31.1 Å². The van der Waals surface area contributed by atoms with Gasteiger partial charge in [-0.25, -0.2) is 0 Å². The monoisotopic (exact) mass is 327 g/mol. The number of hydrogen-bond acceptors (Lipinski definition) is 5. The molecule has 2 N–H and O–H groups in total. The van der Waals surface area contributed by atoms with Crippen LogP contribution >= 0.6 is 27.7 Å². The summed E-state index contributed by atoms with van der Waals surface area (Å²) in [6.45, 7) is 1.99. The van der Waals surface area contributed by atoms with Crippen LogP contribution in [-0.4, -0.2) is 10.1 Å². The Morgan fingerprint density at radius 1 is 1.39 bits per heavy atom. The smallest absolute Gasteiger partial charge is 0.243 e. The second-order valence-corrected chi connectivity index (χ2v) is 5.77. The van der Waals surface area contributed by atoms with E-state index in [-0.39, 0.29) is 6.04 Å². The Kier molecular flexibility index (Phi) is 4.79. The van der Waals surface area contributed by atoms with Crippen LogP contribution in [0.2, 0.25) is 0 Å². The summed E-state index contributed by atoms with van der Waals surface area (Å²) in [5, 5.41) is 3.92. The maximum atomic E-state index is 5.82. The van der Waals surface area contributed by atoms with Crippen LogP contribution in [0.3, 0.4) is 0 Å². The summed E-state index contributed by atoms with van der Waals surface area (Å²) >= 11 is 5.07. The Labute approximate surface area is 118 Å². The average molecular weight is 328 g/mol. The Morgan fingerprint density at radius 2 is 2.11 bits per heavy atom. The lowest BCUT2D eigenvalue weighted by molar-refractivity contribution is 0.349. The lowest BCUT2D eigenvalue weighted by atomic mass is 10.2. The first-order valence-corrected chi connectivity index (χ1v) is 7.43. The van der Waals surface area contributed by atoms with Gasteiger partial charge in [0.1, 0.15) is 0 Å². The molecule has 0 aliphatic rings. The van der Waals surface area contributed by atoms with E-state index in [9.17, 15) is 0 Å². The fourth-order valence-electron chi connectivity index (χ4n) is 1.33. The third-order valence-electron chi connectivity index (χ3n) is 2.42. The topological polar surface area (TPSA) is 64.9 Å². The fraction of sp³-hybridized carbons (Fsp3) is 0.333.